The summed E-state index contributed by atoms with van der Waals surface area (Å²) in [4.78, 5) is 4.20. The van der Waals surface area contributed by atoms with E-state index in [1.165, 1.54) is 0 Å². The fourth-order valence-corrected chi connectivity index (χ4v) is 3.01. The lowest BCUT2D eigenvalue weighted by Crippen LogP contribution is -2.24. The highest BCUT2D eigenvalue weighted by atomic mass is 35.5. The van der Waals surface area contributed by atoms with E-state index in [1.807, 2.05) is 18.2 Å². The predicted molar refractivity (Wildman–Crippen MR) is 71.4 cm³/mol. The molecular weight excluding hydrogens is 286 g/mol. The van der Waals surface area contributed by atoms with Gasteiger partial charge in [-0.1, -0.05) is 11.6 Å². The average molecular weight is 301 g/mol. The topological polar surface area (TPSA) is 43.1 Å². The second-order valence-electron chi connectivity index (χ2n) is 5.42. The maximum absolute atomic E-state index is 13.3. The van der Waals surface area contributed by atoms with Gasteiger partial charge in [-0.25, -0.2) is 13.8 Å². The van der Waals surface area contributed by atoms with E-state index in [9.17, 15) is 8.78 Å². The molecule has 0 saturated heterocycles. The molecule has 0 atom stereocenters. The fraction of sp³-hybridized carbons (Fsp3) is 0.615. The van der Waals surface area contributed by atoms with E-state index >= 15 is 0 Å². The van der Waals surface area contributed by atoms with Crippen LogP contribution in [0.4, 0.5) is 8.78 Å². The van der Waals surface area contributed by atoms with Gasteiger partial charge in [-0.05, 0) is 26.7 Å². The van der Waals surface area contributed by atoms with Gasteiger partial charge in [0, 0.05) is 24.5 Å². The molecule has 0 N–H and O–H groups in total. The summed E-state index contributed by atoms with van der Waals surface area (Å²) in [6, 6.07) is 0. The van der Waals surface area contributed by atoms with Gasteiger partial charge in [0.05, 0.1) is 5.69 Å². The Balaban J connectivity index is 2.05. The molecule has 2 aromatic heterocycles. The SMILES string of the molecule is Cc1nc(Cl)c2nnc(C3CCC(F)(F)CC3)n2c1C. The zero-order chi connectivity index (χ0) is 14.5. The van der Waals surface area contributed by atoms with Crippen LogP contribution in [0, 0.1) is 13.8 Å². The van der Waals surface area contributed by atoms with Crippen molar-refractivity contribution in [2.75, 3.05) is 0 Å². The van der Waals surface area contributed by atoms with E-state index in [-0.39, 0.29) is 18.8 Å². The van der Waals surface area contributed by atoms with Gasteiger partial charge in [-0.3, -0.25) is 4.40 Å². The molecule has 0 unspecified atom stereocenters. The lowest BCUT2D eigenvalue weighted by molar-refractivity contribution is -0.0388. The smallest absolute Gasteiger partial charge is 0.248 e. The minimum absolute atomic E-state index is 0.00110. The molecule has 2 aromatic rings. The number of rotatable bonds is 1. The van der Waals surface area contributed by atoms with Crippen LogP contribution in [-0.2, 0) is 0 Å². The van der Waals surface area contributed by atoms with Crippen molar-refractivity contribution < 1.29 is 8.78 Å². The first-order valence-corrected chi connectivity index (χ1v) is 7.02. The molecule has 1 saturated carbocycles. The van der Waals surface area contributed by atoms with E-state index < -0.39 is 5.92 Å². The van der Waals surface area contributed by atoms with E-state index in [2.05, 4.69) is 15.2 Å². The number of aryl methyl sites for hydroxylation is 2. The molecule has 2 heterocycles. The molecule has 108 valence electrons. The minimum atomic E-state index is -2.54. The van der Waals surface area contributed by atoms with E-state index in [0.717, 1.165) is 17.2 Å². The van der Waals surface area contributed by atoms with Crippen molar-refractivity contribution in [1.29, 1.82) is 0 Å². The summed E-state index contributed by atoms with van der Waals surface area (Å²) in [6.45, 7) is 3.77. The number of hydrogen-bond donors (Lipinski definition) is 0. The van der Waals surface area contributed by atoms with Crippen LogP contribution < -0.4 is 0 Å². The van der Waals surface area contributed by atoms with Gasteiger partial charge in [-0.2, -0.15) is 0 Å². The summed E-state index contributed by atoms with van der Waals surface area (Å²) in [5, 5.41) is 8.53. The van der Waals surface area contributed by atoms with Crippen molar-refractivity contribution in [3.8, 4) is 0 Å². The first kappa shape index (κ1) is 13.7. The molecule has 1 aliphatic rings. The summed E-state index contributed by atoms with van der Waals surface area (Å²) >= 11 is 6.08. The number of hydrogen-bond acceptors (Lipinski definition) is 3. The normalized spacial score (nSPS) is 19.6. The molecule has 20 heavy (non-hydrogen) atoms. The van der Waals surface area contributed by atoms with Crippen LogP contribution in [0.2, 0.25) is 5.15 Å². The Kier molecular flexibility index (Phi) is 3.16. The van der Waals surface area contributed by atoms with Crippen LogP contribution in [0.25, 0.3) is 5.65 Å². The van der Waals surface area contributed by atoms with Gasteiger partial charge in [0.15, 0.2) is 10.8 Å². The van der Waals surface area contributed by atoms with Crippen LogP contribution in [0.15, 0.2) is 0 Å². The lowest BCUT2D eigenvalue weighted by atomic mass is 9.86. The lowest BCUT2D eigenvalue weighted by Gasteiger charge is -2.27. The number of aromatic nitrogens is 4. The maximum Gasteiger partial charge on any atom is 0.248 e. The number of alkyl halides is 2. The van der Waals surface area contributed by atoms with Crippen LogP contribution in [0.3, 0.4) is 0 Å². The van der Waals surface area contributed by atoms with E-state index in [1.54, 1.807) is 0 Å². The van der Waals surface area contributed by atoms with Gasteiger partial charge in [0.1, 0.15) is 5.82 Å². The third kappa shape index (κ3) is 2.16. The van der Waals surface area contributed by atoms with Crippen molar-refractivity contribution >= 4 is 17.2 Å². The molecule has 0 aliphatic heterocycles. The third-order valence-electron chi connectivity index (χ3n) is 4.08. The summed E-state index contributed by atoms with van der Waals surface area (Å²) in [7, 11) is 0. The molecule has 1 fully saturated rings. The molecule has 7 heteroatoms. The Bertz CT molecular complexity index is 658. The number of halogens is 3. The zero-order valence-corrected chi connectivity index (χ0v) is 12.1. The van der Waals surface area contributed by atoms with Crippen LogP contribution in [0.5, 0.6) is 0 Å². The highest BCUT2D eigenvalue weighted by Crippen LogP contribution is 2.40. The average Bonchev–Trinajstić information content (AvgIpc) is 2.81. The minimum Gasteiger partial charge on any atom is -0.279 e. The molecule has 1 aliphatic carbocycles. The van der Waals surface area contributed by atoms with Gasteiger partial charge < -0.3 is 0 Å². The van der Waals surface area contributed by atoms with E-state index in [4.69, 9.17) is 11.6 Å². The van der Waals surface area contributed by atoms with Crippen molar-refractivity contribution in [2.24, 2.45) is 0 Å². The van der Waals surface area contributed by atoms with Gasteiger partial charge >= 0.3 is 0 Å². The van der Waals surface area contributed by atoms with Gasteiger partial charge in [-0.15, -0.1) is 10.2 Å². The van der Waals surface area contributed by atoms with Crippen molar-refractivity contribution in [1.82, 2.24) is 19.6 Å². The quantitative estimate of drug-likeness (QED) is 0.807. The molecule has 0 radical (unpaired) electrons. The Hall–Kier alpha value is -1.30. The van der Waals surface area contributed by atoms with Crippen LogP contribution in [-0.4, -0.2) is 25.5 Å². The van der Waals surface area contributed by atoms with Crippen molar-refractivity contribution in [3.05, 3.63) is 22.4 Å². The van der Waals surface area contributed by atoms with Crippen molar-refractivity contribution in [3.63, 3.8) is 0 Å². The predicted octanol–water partition coefficient (Wildman–Crippen LogP) is 3.69. The second kappa shape index (κ2) is 4.62. The number of fused-ring (bicyclic) bond motifs is 1. The molecular formula is C13H15ClF2N4. The fourth-order valence-electron chi connectivity index (χ4n) is 2.76. The standard InChI is InChI=1S/C13H15ClF2N4/c1-7-8(2)20-11(18-19-12(20)10(14)17-7)9-3-5-13(15,16)6-4-9/h9H,3-6H2,1-2H3. The summed E-state index contributed by atoms with van der Waals surface area (Å²) in [5.74, 6) is -1.82. The molecule has 0 spiro atoms. The first-order valence-electron chi connectivity index (χ1n) is 6.64. The van der Waals surface area contributed by atoms with Crippen molar-refractivity contribution in [2.45, 2.75) is 51.4 Å². The monoisotopic (exact) mass is 300 g/mol. The largest absolute Gasteiger partial charge is 0.279 e. The van der Waals surface area contributed by atoms with Crippen LogP contribution >= 0.6 is 11.6 Å². The second-order valence-corrected chi connectivity index (χ2v) is 5.78. The molecule has 3 rings (SSSR count). The summed E-state index contributed by atoms with van der Waals surface area (Å²) in [5.41, 5.74) is 2.20. The van der Waals surface area contributed by atoms with Gasteiger partial charge in [0.25, 0.3) is 0 Å². The Morgan fingerprint density at radius 3 is 2.50 bits per heavy atom. The Morgan fingerprint density at radius 1 is 1.20 bits per heavy atom. The molecule has 0 amide bonds. The van der Waals surface area contributed by atoms with Gasteiger partial charge in [0.2, 0.25) is 5.92 Å². The Morgan fingerprint density at radius 2 is 1.85 bits per heavy atom. The van der Waals surface area contributed by atoms with E-state index in [0.29, 0.717) is 23.6 Å². The highest BCUT2D eigenvalue weighted by molar-refractivity contribution is 6.32. The summed E-state index contributed by atoms with van der Waals surface area (Å²) in [6.07, 6.45) is 0.658. The highest BCUT2D eigenvalue weighted by Gasteiger charge is 2.37. The number of nitrogens with zero attached hydrogens (tertiary/aromatic N) is 4. The summed E-state index contributed by atoms with van der Waals surface area (Å²) < 4.78 is 28.4. The Labute approximate surface area is 120 Å². The third-order valence-corrected chi connectivity index (χ3v) is 4.33. The molecule has 0 bridgehead atoms. The first-order chi connectivity index (χ1) is 9.39. The molecule has 4 nitrogen and oxygen atoms in total. The zero-order valence-electron chi connectivity index (χ0n) is 11.3. The molecule has 0 aromatic carbocycles. The maximum atomic E-state index is 13.3. The van der Waals surface area contributed by atoms with Crippen LogP contribution in [0.1, 0.15) is 48.8 Å².